The molecule has 2 heterocycles. The van der Waals surface area contributed by atoms with Crippen molar-refractivity contribution in [1.29, 1.82) is 5.26 Å². The van der Waals surface area contributed by atoms with Gasteiger partial charge in [0.1, 0.15) is 17.3 Å². The molecule has 0 aliphatic heterocycles. The quantitative estimate of drug-likeness (QED) is 0.441. The molecule has 2 aromatic carbocycles. The predicted octanol–water partition coefficient (Wildman–Crippen LogP) is 4.63. The molecule has 0 fully saturated rings. The van der Waals surface area contributed by atoms with Crippen LogP contribution in [0.1, 0.15) is 34.9 Å². The number of benzene rings is 2. The Bertz CT molecular complexity index is 1390. The first kappa shape index (κ1) is 21.0. The minimum absolute atomic E-state index is 0.100. The van der Waals surface area contributed by atoms with Crippen molar-refractivity contribution in [2.24, 2.45) is 5.10 Å². The van der Waals surface area contributed by atoms with Crippen LogP contribution >= 0.6 is 0 Å². The first-order valence-electron chi connectivity index (χ1n) is 10.4. The van der Waals surface area contributed by atoms with E-state index in [0.717, 1.165) is 28.9 Å². The van der Waals surface area contributed by atoms with Crippen molar-refractivity contribution >= 4 is 6.21 Å². The third-order valence-corrected chi connectivity index (χ3v) is 5.38. The Morgan fingerprint density at radius 2 is 1.81 bits per heavy atom. The summed E-state index contributed by atoms with van der Waals surface area (Å²) in [5.41, 5.74) is 5.65. The van der Waals surface area contributed by atoms with Crippen molar-refractivity contribution < 1.29 is 0 Å². The van der Waals surface area contributed by atoms with Crippen molar-refractivity contribution in [3.8, 4) is 23.0 Å². The van der Waals surface area contributed by atoms with E-state index in [1.165, 1.54) is 10.2 Å². The largest absolute Gasteiger partial charge is 0.289 e. The molecule has 0 atom stereocenters. The summed E-state index contributed by atoms with van der Waals surface area (Å²) in [5, 5.41) is 18.6. The smallest absolute Gasteiger partial charge is 0.266 e. The summed E-state index contributed by atoms with van der Waals surface area (Å²) in [4.78, 5) is 12.7. The van der Waals surface area contributed by atoms with E-state index in [9.17, 15) is 10.1 Å². The van der Waals surface area contributed by atoms with E-state index in [2.05, 4.69) is 24.2 Å². The van der Waals surface area contributed by atoms with Gasteiger partial charge >= 0.3 is 0 Å². The van der Waals surface area contributed by atoms with Gasteiger partial charge in [-0.05, 0) is 49.6 Å². The summed E-state index contributed by atoms with van der Waals surface area (Å²) in [5.74, 6) is 0. The van der Waals surface area contributed by atoms with Crippen molar-refractivity contribution in [1.82, 2.24) is 14.5 Å². The molecular weight excluding hydrogens is 398 g/mol. The van der Waals surface area contributed by atoms with Crippen LogP contribution in [0, 0.1) is 25.2 Å². The highest BCUT2D eigenvalue weighted by Gasteiger charge is 2.13. The van der Waals surface area contributed by atoms with E-state index in [-0.39, 0.29) is 5.56 Å². The summed E-state index contributed by atoms with van der Waals surface area (Å²) >= 11 is 0. The molecule has 0 radical (unpaired) electrons. The number of pyridine rings is 1. The van der Waals surface area contributed by atoms with Crippen LogP contribution in [0.3, 0.4) is 0 Å². The van der Waals surface area contributed by atoms with E-state index in [0.29, 0.717) is 11.3 Å². The Morgan fingerprint density at radius 1 is 1.09 bits per heavy atom. The first-order valence-corrected chi connectivity index (χ1v) is 10.4. The van der Waals surface area contributed by atoms with E-state index >= 15 is 0 Å². The molecule has 0 unspecified atom stereocenters. The molecule has 32 heavy (non-hydrogen) atoms. The van der Waals surface area contributed by atoms with E-state index in [4.69, 9.17) is 5.10 Å². The van der Waals surface area contributed by atoms with Gasteiger partial charge in [0.15, 0.2) is 0 Å². The number of nitriles is 1. The molecule has 0 aliphatic rings. The number of rotatable bonds is 5. The average molecular weight is 422 g/mol. The molecule has 0 saturated heterocycles. The van der Waals surface area contributed by atoms with Crippen LogP contribution in [0.2, 0.25) is 0 Å². The zero-order chi connectivity index (χ0) is 22.7. The molecule has 4 aromatic rings. The fourth-order valence-corrected chi connectivity index (χ4v) is 3.60. The van der Waals surface area contributed by atoms with Crippen molar-refractivity contribution in [3.05, 3.63) is 105 Å². The third kappa shape index (κ3) is 4.01. The SMILES string of the molecule is CCc1ccc(-c2nn(-c3ccccc3)cc2/C=N\n2c(C)cc(C)c(C#N)c2=O)cc1. The van der Waals surface area contributed by atoms with E-state index in [1.54, 1.807) is 30.8 Å². The van der Waals surface area contributed by atoms with Gasteiger partial charge in [0, 0.05) is 23.0 Å². The van der Waals surface area contributed by atoms with Gasteiger partial charge in [0.2, 0.25) is 0 Å². The van der Waals surface area contributed by atoms with Crippen molar-refractivity contribution in [3.63, 3.8) is 0 Å². The molecule has 158 valence electrons. The molecule has 0 saturated carbocycles. The van der Waals surface area contributed by atoms with E-state index in [1.807, 2.05) is 54.7 Å². The van der Waals surface area contributed by atoms with Crippen LogP contribution in [-0.4, -0.2) is 20.7 Å². The number of para-hydroxylation sites is 1. The molecule has 6 heteroatoms. The van der Waals surface area contributed by atoms with Crippen LogP contribution in [0.4, 0.5) is 0 Å². The molecule has 0 spiro atoms. The van der Waals surface area contributed by atoms with Crippen molar-refractivity contribution in [2.75, 3.05) is 0 Å². The van der Waals surface area contributed by atoms with Gasteiger partial charge in [-0.3, -0.25) is 4.79 Å². The monoisotopic (exact) mass is 421 g/mol. The lowest BCUT2D eigenvalue weighted by atomic mass is 10.1. The number of hydrogen-bond acceptors (Lipinski definition) is 4. The topological polar surface area (TPSA) is 76.0 Å². The van der Waals surface area contributed by atoms with Gasteiger partial charge < -0.3 is 0 Å². The Balaban J connectivity index is 1.84. The summed E-state index contributed by atoms with van der Waals surface area (Å²) in [7, 11) is 0. The Labute approximate surface area is 186 Å². The van der Waals surface area contributed by atoms with Gasteiger partial charge in [0.05, 0.1) is 11.9 Å². The standard InChI is InChI=1S/C26H23N5O/c1-4-20-10-12-21(13-11-20)25-22(17-30(29-25)23-8-6-5-7-9-23)16-28-31-19(3)14-18(2)24(15-27)26(31)32/h5-14,16-17H,4H2,1-3H3/b28-16-. The molecule has 0 aliphatic carbocycles. The Hall–Kier alpha value is -4.24. The minimum atomic E-state index is -0.425. The number of nitrogens with zero attached hydrogens (tertiary/aromatic N) is 5. The molecule has 4 rings (SSSR count). The highest BCUT2D eigenvalue weighted by molar-refractivity contribution is 5.88. The highest BCUT2D eigenvalue weighted by atomic mass is 16.1. The van der Waals surface area contributed by atoms with Gasteiger partial charge in [-0.15, -0.1) is 0 Å². The molecule has 0 amide bonds. The summed E-state index contributed by atoms with van der Waals surface area (Å²) in [6.45, 7) is 5.67. The van der Waals surface area contributed by atoms with Crippen LogP contribution in [0.25, 0.3) is 16.9 Å². The zero-order valence-electron chi connectivity index (χ0n) is 18.3. The third-order valence-electron chi connectivity index (χ3n) is 5.38. The predicted molar refractivity (Wildman–Crippen MR) is 126 cm³/mol. The Morgan fingerprint density at radius 3 is 2.47 bits per heavy atom. The van der Waals surface area contributed by atoms with Gasteiger partial charge in [-0.25, -0.2) is 9.36 Å². The molecular formula is C26H23N5O. The van der Waals surface area contributed by atoms with E-state index < -0.39 is 5.56 Å². The van der Waals surface area contributed by atoms with Crippen molar-refractivity contribution in [2.45, 2.75) is 27.2 Å². The number of aryl methyl sites for hydroxylation is 3. The molecule has 2 aromatic heterocycles. The Kier molecular flexibility index (Phi) is 5.82. The lowest BCUT2D eigenvalue weighted by molar-refractivity contribution is 0.786. The lowest BCUT2D eigenvalue weighted by Gasteiger charge is -2.06. The average Bonchev–Trinajstić information content (AvgIpc) is 3.24. The van der Waals surface area contributed by atoms with Crippen LogP contribution in [-0.2, 0) is 6.42 Å². The molecule has 0 bridgehead atoms. The maximum atomic E-state index is 12.7. The summed E-state index contributed by atoms with van der Waals surface area (Å²) in [6.07, 6.45) is 4.48. The fourth-order valence-electron chi connectivity index (χ4n) is 3.60. The first-order chi connectivity index (χ1) is 15.5. The second-order valence-corrected chi connectivity index (χ2v) is 7.58. The normalized spacial score (nSPS) is 11.1. The second-order valence-electron chi connectivity index (χ2n) is 7.58. The van der Waals surface area contributed by atoms with Crippen LogP contribution in [0.15, 0.2) is 76.8 Å². The lowest BCUT2D eigenvalue weighted by Crippen LogP contribution is -2.22. The summed E-state index contributed by atoms with van der Waals surface area (Å²) in [6, 6.07) is 21.9. The maximum Gasteiger partial charge on any atom is 0.289 e. The van der Waals surface area contributed by atoms with Crippen LogP contribution < -0.4 is 5.56 Å². The minimum Gasteiger partial charge on any atom is -0.266 e. The van der Waals surface area contributed by atoms with Gasteiger partial charge in [0.25, 0.3) is 5.56 Å². The van der Waals surface area contributed by atoms with Gasteiger partial charge in [-0.2, -0.15) is 15.5 Å². The summed E-state index contributed by atoms with van der Waals surface area (Å²) < 4.78 is 3.06. The number of hydrogen-bond donors (Lipinski definition) is 0. The molecule has 0 N–H and O–H groups in total. The fraction of sp³-hybridized carbons (Fsp3) is 0.154. The van der Waals surface area contributed by atoms with Crippen LogP contribution in [0.5, 0.6) is 0 Å². The highest BCUT2D eigenvalue weighted by Crippen LogP contribution is 2.23. The maximum absolute atomic E-state index is 12.7. The second kappa shape index (κ2) is 8.86. The number of aromatic nitrogens is 3. The zero-order valence-corrected chi connectivity index (χ0v) is 18.3. The molecule has 6 nitrogen and oxygen atoms in total. The van der Waals surface area contributed by atoms with Gasteiger partial charge in [-0.1, -0.05) is 49.4 Å².